The van der Waals surface area contributed by atoms with E-state index in [1.54, 1.807) is 4.31 Å². The van der Waals surface area contributed by atoms with E-state index in [-0.39, 0.29) is 5.41 Å². The third-order valence-electron chi connectivity index (χ3n) is 4.37. The van der Waals surface area contributed by atoms with E-state index in [9.17, 15) is 8.42 Å². The minimum atomic E-state index is -3.32. The van der Waals surface area contributed by atoms with E-state index in [2.05, 4.69) is 41.4 Å². The largest absolute Gasteiger partial charge is 0.279 e. The van der Waals surface area contributed by atoms with Crippen molar-refractivity contribution in [3.05, 3.63) is 0 Å². The lowest BCUT2D eigenvalue weighted by Crippen LogP contribution is -2.48. The number of alkyl halides is 1. The van der Waals surface area contributed by atoms with Crippen molar-refractivity contribution < 1.29 is 8.42 Å². The summed E-state index contributed by atoms with van der Waals surface area (Å²) in [6.45, 7) is 8.15. The minimum Gasteiger partial charge on any atom is -0.202 e. The van der Waals surface area contributed by atoms with Crippen LogP contribution in [0.25, 0.3) is 0 Å². The van der Waals surface area contributed by atoms with Crippen molar-refractivity contribution in [1.29, 1.82) is 0 Å². The molecule has 0 aromatic carbocycles. The highest BCUT2D eigenvalue weighted by Gasteiger charge is 2.31. The van der Waals surface area contributed by atoms with Crippen LogP contribution in [0.4, 0.5) is 0 Å². The van der Waals surface area contributed by atoms with Gasteiger partial charge in [-0.05, 0) is 37.0 Å². The van der Waals surface area contributed by atoms with Crippen LogP contribution in [0.15, 0.2) is 0 Å². The zero-order valence-corrected chi connectivity index (χ0v) is 14.7. The molecule has 1 saturated heterocycles. The molecule has 114 valence electrons. The maximum Gasteiger partial charge on any atom is 0.279 e. The van der Waals surface area contributed by atoms with Crippen molar-refractivity contribution in [2.45, 2.75) is 46.5 Å². The van der Waals surface area contributed by atoms with Crippen LogP contribution in [0.2, 0.25) is 0 Å². The van der Waals surface area contributed by atoms with E-state index < -0.39 is 10.2 Å². The van der Waals surface area contributed by atoms with Gasteiger partial charge in [-0.2, -0.15) is 12.7 Å². The lowest BCUT2D eigenvalue weighted by Gasteiger charge is -2.33. The number of nitrogens with one attached hydrogen (secondary N) is 1. The molecule has 1 atom stereocenters. The third-order valence-corrected chi connectivity index (χ3v) is 7.08. The molecule has 0 aromatic rings. The van der Waals surface area contributed by atoms with Crippen molar-refractivity contribution in [2.75, 3.05) is 25.0 Å². The fourth-order valence-corrected chi connectivity index (χ4v) is 4.92. The fourth-order valence-electron chi connectivity index (χ4n) is 2.44. The summed E-state index contributed by atoms with van der Waals surface area (Å²) < 4.78 is 29.1. The standard InChI is InChI=1S/C13H27BrN2O2S/c1-4-13(5-2,10-14)11-15-19(17,18)16-8-6-7-12(3)9-16/h12,15H,4-11H2,1-3H3. The average molecular weight is 355 g/mol. The first-order chi connectivity index (χ1) is 8.89. The Labute approximate surface area is 126 Å². The second-order valence-electron chi connectivity index (χ2n) is 5.77. The lowest BCUT2D eigenvalue weighted by atomic mass is 9.85. The molecule has 1 aliphatic rings. The molecule has 1 aliphatic heterocycles. The van der Waals surface area contributed by atoms with Crippen LogP contribution in [-0.4, -0.2) is 37.7 Å². The van der Waals surface area contributed by atoms with Gasteiger partial charge in [0.1, 0.15) is 0 Å². The van der Waals surface area contributed by atoms with Crippen molar-refractivity contribution in [1.82, 2.24) is 9.03 Å². The van der Waals surface area contributed by atoms with Crippen molar-refractivity contribution >= 4 is 26.1 Å². The zero-order chi connectivity index (χ0) is 14.5. The predicted octanol–water partition coefficient (Wildman–Crippen LogP) is 2.75. The van der Waals surface area contributed by atoms with Gasteiger partial charge in [-0.3, -0.25) is 0 Å². The van der Waals surface area contributed by atoms with Crippen LogP contribution < -0.4 is 4.72 Å². The molecule has 1 N–H and O–H groups in total. The molecule has 0 radical (unpaired) electrons. The molecule has 0 aromatic heterocycles. The van der Waals surface area contributed by atoms with Crippen molar-refractivity contribution in [3.63, 3.8) is 0 Å². The highest BCUT2D eigenvalue weighted by atomic mass is 79.9. The molecular formula is C13H27BrN2O2S. The van der Waals surface area contributed by atoms with Gasteiger partial charge in [0.25, 0.3) is 10.2 Å². The van der Waals surface area contributed by atoms with E-state index in [1.807, 2.05) is 0 Å². The number of piperidine rings is 1. The maximum atomic E-state index is 12.3. The molecule has 1 fully saturated rings. The number of nitrogens with zero attached hydrogens (tertiary/aromatic N) is 1. The Morgan fingerprint density at radius 1 is 1.37 bits per heavy atom. The number of hydrogen-bond donors (Lipinski definition) is 1. The molecule has 4 nitrogen and oxygen atoms in total. The maximum absolute atomic E-state index is 12.3. The van der Waals surface area contributed by atoms with Gasteiger partial charge >= 0.3 is 0 Å². The number of halogens is 1. The van der Waals surface area contributed by atoms with Gasteiger partial charge in [-0.1, -0.05) is 36.7 Å². The smallest absolute Gasteiger partial charge is 0.202 e. The van der Waals surface area contributed by atoms with E-state index in [0.29, 0.717) is 25.6 Å². The normalized spacial score (nSPS) is 22.6. The summed E-state index contributed by atoms with van der Waals surface area (Å²) in [6.07, 6.45) is 4.02. The molecule has 6 heteroatoms. The van der Waals surface area contributed by atoms with Gasteiger partial charge in [0.2, 0.25) is 0 Å². The first-order valence-electron chi connectivity index (χ1n) is 7.20. The Morgan fingerprint density at radius 2 is 2.00 bits per heavy atom. The lowest BCUT2D eigenvalue weighted by molar-refractivity contribution is 0.268. The van der Waals surface area contributed by atoms with Crippen LogP contribution in [0.3, 0.4) is 0 Å². The van der Waals surface area contributed by atoms with Crippen molar-refractivity contribution in [3.8, 4) is 0 Å². The van der Waals surface area contributed by atoms with E-state index in [1.165, 1.54) is 0 Å². The quantitative estimate of drug-likeness (QED) is 0.714. The van der Waals surface area contributed by atoms with Crippen LogP contribution in [0.5, 0.6) is 0 Å². The second-order valence-corrected chi connectivity index (χ2v) is 8.09. The van der Waals surface area contributed by atoms with E-state index >= 15 is 0 Å². The molecular weight excluding hydrogens is 328 g/mol. The Hall–Kier alpha value is 0.350. The molecule has 0 spiro atoms. The molecule has 0 aliphatic carbocycles. The monoisotopic (exact) mass is 354 g/mol. The van der Waals surface area contributed by atoms with Gasteiger partial charge in [-0.15, -0.1) is 0 Å². The van der Waals surface area contributed by atoms with Gasteiger partial charge in [0, 0.05) is 25.0 Å². The van der Waals surface area contributed by atoms with Crippen LogP contribution >= 0.6 is 15.9 Å². The van der Waals surface area contributed by atoms with Gasteiger partial charge in [-0.25, -0.2) is 4.72 Å². The first-order valence-corrected chi connectivity index (χ1v) is 9.76. The van der Waals surface area contributed by atoms with E-state index in [4.69, 9.17) is 0 Å². The fraction of sp³-hybridized carbons (Fsp3) is 1.00. The minimum absolute atomic E-state index is 0.0223. The first kappa shape index (κ1) is 17.4. The summed E-state index contributed by atoms with van der Waals surface area (Å²) in [7, 11) is -3.32. The topological polar surface area (TPSA) is 49.4 Å². The van der Waals surface area contributed by atoms with Crippen LogP contribution in [0.1, 0.15) is 46.5 Å². The SMILES string of the molecule is CCC(CC)(CBr)CNS(=O)(=O)N1CCCC(C)C1. The Balaban J connectivity index is 2.64. The molecule has 0 bridgehead atoms. The molecule has 0 amide bonds. The second kappa shape index (κ2) is 7.38. The summed E-state index contributed by atoms with van der Waals surface area (Å²) in [5.41, 5.74) is 0.0223. The number of hydrogen-bond acceptors (Lipinski definition) is 2. The number of rotatable bonds is 7. The average Bonchev–Trinajstić information content (AvgIpc) is 2.41. The summed E-state index contributed by atoms with van der Waals surface area (Å²) in [5, 5.41) is 0.825. The van der Waals surface area contributed by atoms with Crippen LogP contribution in [0, 0.1) is 11.3 Å². The zero-order valence-electron chi connectivity index (χ0n) is 12.3. The summed E-state index contributed by atoms with van der Waals surface area (Å²) >= 11 is 3.52. The Kier molecular flexibility index (Phi) is 6.76. The molecule has 0 saturated carbocycles. The summed E-state index contributed by atoms with van der Waals surface area (Å²) in [5.74, 6) is 0.462. The van der Waals surface area contributed by atoms with Crippen LogP contribution in [-0.2, 0) is 10.2 Å². The highest BCUT2D eigenvalue weighted by molar-refractivity contribution is 9.09. The van der Waals surface area contributed by atoms with Crippen molar-refractivity contribution in [2.24, 2.45) is 11.3 Å². The predicted molar refractivity (Wildman–Crippen MR) is 83.7 cm³/mol. The van der Waals surface area contributed by atoms with Gasteiger partial charge < -0.3 is 0 Å². The third kappa shape index (κ3) is 4.69. The molecule has 1 heterocycles. The highest BCUT2D eigenvalue weighted by Crippen LogP contribution is 2.28. The summed E-state index contributed by atoms with van der Waals surface area (Å²) in [6, 6.07) is 0. The molecule has 1 unspecified atom stereocenters. The Morgan fingerprint density at radius 3 is 2.47 bits per heavy atom. The van der Waals surface area contributed by atoms with Gasteiger partial charge in [0.15, 0.2) is 0 Å². The molecule has 1 rings (SSSR count). The summed E-state index contributed by atoms with van der Waals surface area (Å²) in [4.78, 5) is 0. The van der Waals surface area contributed by atoms with Gasteiger partial charge in [0.05, 0.1) is 0 Å². The molecule has 19 heavy (non-hydrogen) atoms. The Bertz CT molecular complexity index is 361. The van der Waals surface area contributed by atoms with E-state index in [0.717, 1.165) is 31.0 Å².